The number of carbonyl (C=O) groups excluding carboxylic acids is 1. The first-order chi connectivity index (χ1) is 10.3. The molecule has 0 bridgehead atoms. The molecule has 0 spiro atoms. The molecule has 0 saturated heterocycles. The molecule has 2 N–H and O–H groups in total. The van der Waals surface area contributed by atoms with Gasteiger partial charge in [-0.2, -0.15) is 0 Å². The SMILES string of the molecule is CCC(C)C(NC(=O)CCOc1ccc(C)cc1C)C(=O)O. The summed E-state index contributed by atoms with van der Waals surface area (Å²) in [7, 11) is 0. The summed E-state index contributed by atoms with van der Waals surface area (Å²) < 4.78 is 5.58. The summed E-state index contributed by atoms with van der Waals surface area (Å²) in [4.78, 5) is 23.0. The van der Waals surface area contributed by atoms with Crippen molar-refractivity contribution in [2.24, 2.45) is 5.92 Å². The van der Waals surface area contributed by atoms with Crippen molar-refractivity contribution < 1.29 is 19.4 Å². The highest BCUT2D eigenvalue weighted by molar-refractivity contribution is 5.83. The number of benzene rings is 1. The molecule has 0 aliphatic rings. The van der Waals surface area contributed by atoms with Crippen molar-refractivity contribution in [3.8, 4) is 5.75 Å². The Balaban J connectivity index is 2.47. The molecule has 2 unspecified atom stereocenters. The maximum Gasteiger partial charge on any atom is 0.326 e. The van der Waals surface area contributed by atoms with Crippen molar-refractivity contribution in [2.75, 3.05) is 6.61 Å². The summed E-state index contributed by atoms with van der Waals surface area (Å²) in [6.45, 7) is 7.89. The Morgan fingerprint density at radius 2 is 2.00 bits per heavy atom. The fourth-order valence-electron chi connectivity index (χ4n) is 2.14. The van der Waals surface area contributed by atoms with Crippen LogP contribution in [-0.2, 0) is 9.59 Å². The Kier molecular flexibility index (Phi) is 6.89. The summed E-state index contributed by atoms with van der Waals surface area (Å²) in [5, 5.41) is 11.7. The largest absolute Gasteiger partial charge is 0.493 e. The van der Waals surface area contributed by atoms with Crippen molar-refractivity contribution in [2.45, 2.75) is 46.6 Å². The lowest BCUT2D eigenvalue weighted by Gasteiger charge is -2.20. The van der Waals surface area contributed by atoms with Gasteiger partial charge < -0.3 is 15.2 Å². The molecule has 1 amide bonds. The number of carbonyl (C=O) groups is 2. The normalized spacial score (nSPS) is 13.3. The molecule has 0 heterocycles. The number of amides is 1. The van der Waals surface area contributed by atoms with Crippen molar-refractivity contribution >= 4 is 11.9 Å². The van der Waals surface area contributed by atoms with E-state index in [2.05, 4.69) is 5.32 Å². The molecule has 0 fully saturated rings. The third kappa shape index (κ3) is 5.39. The lowest BCUT2D eigenvalue weighted by atomic mass is 9.99. The monoisotopic (exact) mass is 307 g/mol. The first-order valence-corrected chi connectivity index (χ1v) is 7.57. The van der Waals surface area contributed by atoms with Crippen LogP contribution in [0.4, 0.5) is 0 Å². The van der Waals surface area contributed by atoms with E-state index in [4.69, 9.17) is 9.84 Å². The highest BCUT2D eigenvalue weighted by Gasteiger charge is 2.24. The van der Waals surface area contributed by atoms with E-state index in [1.165, 1.54) is 0 Å². The highest BCUT2D eigenvalue weighted by Crippen LogP contribution is 2.18. The quantitative estimate of drug-likeness (QED) is 0.774. The first-order valence-electron chi connectivity index (χ1n) is 7.57. The Morgan fingerprint density at radius 3 is 2.55 bits per heavy atom. The Labute approximate surface area is 131 Å². The van der Waals surface area contributed by atoms with Gasteiger partial charge in [-0.1, -0.05) is 38.0 Å². The Bertz CT molecular complexity index is 527. The van der Waals surface area contributed by atoms with Gasteiger partial charge in [-0.05, 0) is 31.4 Å². The van der Waals surface area contributed by atoms with E-state index >= 15 is 0 Å². The molecule has 0 aliphatic carbocycles. The molecule has 0 aromatic heterocycles. The van der Waals surface area contributed by atoms with Crippen LogP contribution in [0.15, 0.2) is 18.2 Å². The third-order valence-electron chi connectivity index (χ3n) is 3.71. The molecular weight excluding hydrogens is 282 g/mol. The molecule has 1 aromatic carbocycles. The molecule has 122 valence electrons. The van der Waals surface area contributed by atoms with Gasteiger partial charge in [0.05, 0.1) is 13.0 Å². The summed E-state index contributed by atoms with van der Waals surface area (Å²) in [6.07, 6.45) is 0.823. The first kappa shape index (κ1) is 18.0. The van der Waals surface area contributed by atoms with Gasteiger partial charge in [0.1, 0.15) is 11.8 Å². The smallest absolute Gasteiger partial charge is 0.326 e. The average Bonchev–Trinajstić information content (AvgIpc) is 2.46. The fourth-order valence-corrected chi connectivity index (χ4v) is 2.14. The zero-order valence-corrected chi connectivity index (χ0v) is 13.7. The molecule has 5 nitrogen and oxygen atoms in total. The summed E-state index contributed by atoms with van der Waals surface area (Å²) in [6, 6.07) is 4.99. The number of ether oxygens (including phenoxy) is 1. The van der Waals surface area contributed by atoms with E-state index in [-0.39, 0.29) is 24.9 Å². The fraction of sp³-hybridized carbons (Fsp3) is 0.529. The Morgan fingerprint density at radius 1 is 1.32 bits per heavy atom. The molecule has 2 atom stereocenters. The van der Waals surface area contributed by atoms with Crippen molar-refractivity contribution in [1.29, 1.82) is 0 Å². The van der Waals surface area contributed by atoms with Crippen molar-refractivity contribution in [3.05, 3.63) is 29.3 Å². The zero-order chi connectivity index (χ0) is 16.7. The predicted molar refractivity (Wildman–Crippen MR) is 85.0 cm³/mol. The molecule has 0 saturated carbocycles. The number of nitrogens with one attached hydrogen (secondary N) is 1. The van der Waals surface area contributed by atoms with Crippen LogP contribution in [0.5, 0.6) is 5.75 Å². The summed E-state index contributed by atoms with van der Waals surface area (Å²) >= 11 is 0. The number of carboxylic acid groups (broad SMARTS) is 1. The molecule has 22 heavy (non-hydrogen) atoms. The summed E-state index contributed by atoms with van der Waals surface area (Å²) in [5.41, 5.74) is 2.17. The van der Waals surface area contributed by atoms with Crippen molar-refractivity contribution in [3.63, 3.8) is 0 Å². The number of aliphatic carboxylic acids is 1. The van der Waals surface area contributed by atoms with Gasteiger partial charge in [-0.15, -0.1) is 0 Å². The molecule has 1 rings (SSSR count). The van der Waals surface area contributed by atoms with E-state index < -0.39 is 12.0 Å². The maximum atomic E-state index is 11.9. The number of hydrogen-bond donors (Lipinski definition) is 2. The minimum absolute atomic E-state index is 0.110. The van der Waals surface area contributed by atoms with Crippen LogP contribution in [0.3, 0.4) is 0 Å². The molecular formula is C17H25NO4. The number of carboxylic acids is 1. The van der Waals surface area contributed by atoms with E-state index in [0.29, 0.717) is 6.42 Å². The van der Waals surface area contributed by atoms with Gasteiger partial charge in [-0.3, -0.25) is 4.79 Å². The summed E-state index contributed by atoms with van der Waals surface area (Å²) in [5.74, 6) is -0.674. The van der Waals surface area contributed by atoms with Crippen LogP contribution < -0.4 is 10.1 Å². The Hall–Kier alpha value is -2.04. The number of aryl methyl sites for hydroxylation is 2. The predicted octanol–water partition coefficient (Wildman–Crippen LogP) is 2.69. The maximum absolute atomic E-state index is 11.9. The van der Waals surface area contributed by atoms with E-state index in [9.17, 15) is 9.59 Å². The standard InChI is InChI=1S/C17H25NO4/c1-5-12(3)16(17(20)21)18-15(19)8-9-22-14-7-6-11(2)10-13(14)4/h6-7,10,12,16H,5,8-9H2,1-4H3,(H,18,19)(H,20,21). The molecule has 0 radical (unpaired) electrons. The molecule has 0 aliphatic heterocycles. The van der Waals surface area contributed by atoms with E-state index in [1.807, 2.05) is 45.9 Å². The van der Waals surface area contributed by atoms with Crippen molar-refractivity contribution in [1.82, 2.24) is 5.32 Å². The third-order valence-corrected chi connectivity index (χ3v) is 3.71. The van der Waals surface area contributed by atoms with Crippen LogP contribution in [-0.4, -0.2) is 29.6 Å². The second kappa shape index (κ2) is 8.41. The van der Waals surface area contributed by atoms with Crippen LogP contribution in [0.2, 0.25) is 0 Å². The van der Waals surface area contributed by atoms with E-state index in [1.54, 1.807) is 0 Å². The molecule has 1 aromatic rings. The van der Waals surface area contributed by atoms with Crippen LogP contribution in [0.25, 0.3) is 0 Å². The second-order valence-electron chi connectivity index (χ2n) is 5.64. The van der Waals surface area contributed by atoms with Gasteiger partial charge >= 0.3 is 5.97 Å². The van der Waals surface area contributed by atoms with Gasteiger partial charge in [0.15, 0.2) is 0 Å². The van der Waals surface area contributed by atoms with E-state index in [0.717, 1.165) is 16.9 Å². The average molecular weight is 307 g/mol. The zero-order valence-electron chi connectivity index (χ0n) is 13.7. The number of rotatable bonds is 8. The second-order valence-corrected chi connectivity index (χ2v) is 5.64. The van der Waals surface area contributed by atoms with Gasteiger partial charge in [-0.25, -0.2) is 4.79 Å². The number of hydrogen-bond acceptors (Lipinski definition) is 3. The highest BCUT2D eigenvalue weighted by atomic mass is 16.5. The lowest BCUT2D eigenvalue weighted by molar-refractivity contribution is -0.143. The van der Waals surface area contributed by atoms with Gasteiger partial charge in [0, 0.05) is 0 Å². The van der Waals surface area contributed by atoms with Crippen LogP contribution >= 0.6 is 0 Å². The van der Waals surface area contributed by atoms with Gasteiger partial charge in [0.2, 0.25) is 5.91 Å². The lowest BCUT2D eigenvalue weighted by Crippen LogP contribution is -2.45. The van der Waals surface area contributed by atoms with Gasteiger partial charge in [0.25, 0.3) is 0 Å². The molecule has 5 heteroatoms. The topological polar surface area (TPSA) is 75.6 Å². The van der Waals surface area contributed by atoms with Crippen LogP contribution in [0.1, 0.15) is 37.8 Å². The van der Waals surface area contributed by atoms with Crippen LogP contribution in [0, 0.1) is 19.8 Å². The minimum atomic E-state index is -1.00. The minimum Gasteiger partial charge on any atom is -0.493 e.